The lowest BCUT2D eigenvalue weighted by Gasteiger charge is -2.35. The van der Waals surface area contributed by atoms with Crippen LogP contribution in [0.15, 0.2) is 107 Å². The Kier molecular flexibility index (Phi) is 26.0. The molecule has 2 heterocycles. The Balaban J connectivity index is 0.572. The van der Waals surface area contributed by atoms with E-state index in [1.54, 1.807) is 48.5 Å². The molecule has 0 bridgehead atoms. The predicted molar refractivity (Wildman–Crippen MR) is 312 cm³/mol. The van der Waals surface area contributed by atoms with E-state index in [4.69, 9.17) is 37.9 Å². The van der Waals surface area contributed by atoms with Gasteiger partial charge in [-0.15, -0.1) is 0 Å². The van der Waals surface area contributed by atoms with Crippen LogP contribution in [0.2, 0.25) is 0 Å². The topological polar surface area (TPSA) is 271 Å². The molecule has 2 saturated heterocycles. The van der Waals surface area contributed by atoms with E-state index < -0.39 is 44.1 Å². The van der Waals surface area contributed by atoms with Gasteiger partial charge in [0.25, 0.3) is 11.8 Å². The molecule has 22 nitrogen and oxygen atoms in total. The van der Waals surface area contributed by atoms with E-state index in [9.17, 15) is 36.6 Å². The SMILES string of the molecule is O=C(NCCOCCOCCOCCNS(=O)(=O)c1ccc(O[C@H]2c3ccccc3C[C@@H]2N2CCCCC2)cc1)[C@H](O)[C@@H](O)C(=O)NCCOCCOCCOCCNS(=O)(=O)c1ccc(O[C@H]2c3ccccc3C[C@@H]2N2CCCCC2)cc1. The van der Waals surface area contributed by atoms with Gasteiger partial charge in [-0.2, -0.15) is 0 Å². The molecule has 4 aromatic rings. The standard InChI is InChI=1S/C60H84N6O16S2/c67-55(59(69)61-23-31-75-35-39-79-41-37-77-33-25-63-83(71,72)49-19-15-47(16-20-49)81-57-51-13-5-3-11-45(51)43-53(57)65-27-7-1-8-28-65)56(68)60(70)62-24-32-76-36-40-80-42-38-78-34-26-64-84(73,74)50-21-17-48(18-22-50)82-58-52-14-6-4-12-46(52)44-54(58)66-29-9-2-10-30-66/h3-6,11-22,53-58,63-64,67-68H,1-2,7-10,23-44H2,(H,61,69)(H,62,70)/t53-,54-,55+,56+,57-,58-/m0/s1. The summed E-state index contributed by atoms with van der Waals surface area (Å²) in [4.78, 5) is 30.0. The van der Waals surface area contributed by atoms with E-state index in [0.717, 1.165) is 39.0 Å². The number of amides is 2. The molecule has 4 aliphatic rings. The maximum atomic E-state index is 13.0. The number of hydrogen-bond acceptors (Lipinski definition) is 18. The third-order valence-corrected chi connectivity index (χ3v) is 18.2. The number of fused-ring (bicyclic) bond motifs is 2. The van der Waals surface area contributed by atoms with Crippen LogP contribution < -0.4 is 29.6 Å². The fraction of sp³-hybridized carbons (Fsp3) is 0.567. The van der Waals surface area contributed by atoms with E-state index in [2.05, 4.69) is 66.3 Å². The highest BCUT2D eigenvalue weighted by Crippen LogP contribution is 2.41. The van der Waals surface area contributed by atoms with E-state index in [0.29, 0.717) is 11.5 Å². The number of aliphatic hydroxyl groups excluding tert-OH is 2. The lowest BCUT2D eigenvalue weighted by molar-refractivity contribution is -0.146. The van der Waals surface area contributed by atoms with Crippen molar-refractivity contribution < 1.29 is 74.5 Å². The average Bonchev–Trinajstić information content (AvgIpc) is 3.22. The van der Waals surface area contributed by atoms with Gasteiger partial charge >= 0.3 is 0 Å². The Morgan fingerprint density at radius 3 is 1.12 bits per heavy atom. The summed E-state index contributed by atoms with van der Waals surface area (Å²) in [6, 6.07) is 30.3. The van der Waals surface area contributed by atoms with Gasteiger partial charge in [0.1, 0.15) is 23.7 Å². The molecule has 6 atom stereocenters. The number of nitrogens with zero attached hydrogens (tertiary/aromatic N) is 2. The number of carbonyl (C=O) groups excluding carboxylic acids is 2. The second-order valence-electron chi connectivity index (χ2n) is 21.1. The van der Waals surface area contributed by atoms with E-state index in [1.807, 2.05) is 12.1 Å². The number of benzene rings is 4. The summed E-state index contributed by atoms with van der Waals surface area (Å²) in [5.74, 6) is -0.671. The van der Waals surface area contributed by atoms with Crippen LogP contribution in [0.1, 0.15) is 73.0 Å². The highest BCUT2D eigenvalue weighted by Gasteiger charge is 2.40. The number of hydrogen-bond donors (Lipinski definition) is 6. The minimum Gasteiger partial charge on any atom is -0.484 e. The number of aliphatic hydroxyl groups is 2. The first kappa shape index (κ1) is 64.8. The summed E-state index contributed by atoms with van der Waals surface area (Å²) < 4.78 is 103. The molecule has 0 aromatic heterocycles. The molecule has 0 spiro atoms. The Hall–Kier alpha value is -5.16. The van der Waals surface area contributed by atoms with Crippen LogP contribution in [0.25, 0.3) is 0 Å². The first-order valence-corrected chi connectivity index (χ1v) is 32.4. The number of nitrogens with one attached hydrogen (secondary N) is 4. The van der Waals surface area contributed by atoms with E-state index >= 15 is 0 Å². The summed E-state index contributed by atoms with van der Waals surface area (Å²) in [6.45, 7) is 6.58. The number of likely N-dealkylation sites (tertiary alicyclic amines) is 2. The molecule has 2 aliphatic carbocycles. The highest BCUT2D eigenvalue weighted by molar-refractivity contribution is 7.89. The van der Waals surface area contributed by atoms with Crippen LogP contribution in [-0.2, 0) is 70.9 Å². The van der Waals surface area contributed by atoms with Crippen LogP contribution in [-0.4, -0.2) is 205 Å². The van der Waals surface area contributed by atoms with Gasteiger partial charge in [0.2, 0.25) is 20.0 Å². The fourth-order valence-corrected chi connectivity index (χ4v) is 12.9. The molecule has 24 heteroatoms. The molecule has 4 aromatic carbocycles. The Bertz CT molecular complexity index is 2670. The van der Waals surface area contributed by atoms with Crippen LogP contribution in [0.3, 0.4) is 0 Å². The van der Waals surface area contributed by atoms with Crippen molar-refractivity contribution in [1.29, 1.82) is 0 Å². The summed E-state index contributed by atoms with van der Waals surface area (Å²) in [5, 5.41) is 25.2. The molecule has 2 amide bonds. The summed E-state index contributed by atoms with van der Waals surface area (Å²) >= 11 is 0. The molecule has 6 N–H and O–H groups in total. The zero-order valence-electron chi connectivity index (χ0n) is 47.8. The molecule has 0 radical (unpaired) electrons. The predicted octanol–water partition coefficient (Wildman–Crippen LogP) is 3.06. The van der Waals surface area contributed by atoms with Crippen molar-refractivity contribution in [2.24, 2.45) is 0 Å². The minimum atomic E-state index is -3.77. The number of rotatable bonds is 37. The average molecular weight is 1210 g/mol. The molecule has 462 valence electrons. The Labute approximate surface area is 494 Å². The largest absolute Gasteiger partial charge is 0.484 e. The first-order valence-electron chi connectivity index (χ1n) is 29.4. The van der Waals surface area contributed by atoms with E-state index in [1.165, 1.54) is 60.8 Å². The van der Waals surface area contributed by atoms with Gasteiger partial charge in [0, 0.05) is 26.2 Å². The number of ether oxygens (including phenoxy) is 8. The third kappa shape index (κ3) is 19.4. The molecule has 8 rings (SSSR count). The third-order valence-electron chi connectivity index (χ3n) is 15.3. The monoisotopic (exact) mass is 1210 g/mol. The van der Waals surface area contributed by atoms with E-state index in [-0.39, 0.29) is 140 Å². The Morgan fingerprint density at radius 2 is 0.762 bits per heavy atom. The van der Waals surface area contributed by atoms with Gasteiger partial charge < -0.3 is 58.7 Å². The second-order valence-corrected chi connectivity index (χ2v) is 24.6. The second kappa shape index (κ2) is 33.7. The van der Waals surface area contributed by atoms with Gasteiger partial charge in [-0.25, -0.2) is 26.3 Å². The minimum absolute atomic E-state index is 0.00259. The van der Waals surface area contributed by atoms with Gasteiger partial charge in [-0.3, -0.25) is 19.4 Å². The lowest BCUT2D eigenvalue weighted by Crippen LogP contribution is -2.50. The molecular weight excluding hydrogens is 1120 g/mol. The lowest BCUT2D eigenvalue weighted by atomic mass is 10.0. The molecule has 2 aliphatic heterocycles. The Morgan fingerprint density at radius 1 is 0.440 bits per heavy atom. The molecular formula is C60H84N6O16S2. The number of carbonyl (C=O) groups is 2. The zero-order chi connectivity index (χ0) is 59.0. The fourth-order valence-electron chi connectivity index (χ4n) is 10.9. The van der Waals surface area contributed by atoms with Gasteiger partial charge in [0.05, 0.1) is 101 Å². The van der Waals surface area contributed by atoms with Crippen LogP contribution in [0.5, 0.6) is 11.5 Å². The van der Waals surface area contributed by atoms with Crippen LogP contribution in [0, 0.1) is 0 Å². The number of piperidine rings is 2. The van der Waals surface area contributed by atoms with Crippen molar-refractivity contribution in [2.45, 2.75) is 97.7 Å². The molecule has 84 heavy (non-hydrogen) atoms. The van der Waals surface area contributed by atoms with Crippen LogP contribution in [0.4, 0.5) is 0 Å². The summed E-state index contributed by atoms with van der Waals surface area (Å²) in [5.41, 5.74) is 4.97. The maximum absolute atomic E-state index is 13.0. The molecule has 2 fully saturated rings. The van der Waals surface area contributed by atoms with Crippen molar-refractivity contribution in [2.75, 3.05) is 132 Å². The summed E-state index contributed by atoms with van der Waals surface area (Å²) in [6.07, 6.45) is 4.85. The maximum Gasteiger partial charge on any atom is 0.252 e. The molecule has 0 saturated carbocycles. The van der Waals surface area contributed by atoms with Crippen molar-refractivity contribution in [3.05, 3.63) is 119 Å². The van der Waals surface area contributed by atoms with Gasteiger partial charge in [-0.1, -0.05) is 61.4 Å². The summed E-state index contributed by atoms with van der Waals surface area (Å²) in [7, 11) is -7.54. The van der Waals surface area contributed by atoms with Gasteiger partial charge in [-0.05, 0) is 135 Å². The quantitative estimate of drug-likeness (QED) is 0.0354. The normalized spacial score (nSPS) is 20.0. The number of sulfonamides is 2. The van der Waals surface area contributed by atoms with Crippen LogP contribution >= 0.6 is 0 Å². The molecule has 0 unspecified atom stereocenters. The van der Waals surface area contributed by atoms with Crippen molar-refractivity contribution in [3.63, 3.8) is 0 Å². The van der Waals surface area contributed by atoms with Gasteiger partial charge in [0.15, 0.2) is 12.2 Å². The van der Waals surface area contributed by atoms with Crippen molar-refractivity contribution >= 4 is 31.9 Å². The van der Waals surface area contributed by atoms with Crippen molar-refractivity contribution in [3.8, 4) is 11.5 Å². The first-order chi connectivity index (χ1) is 40.9. The smallest absolute Gasteiger partial charge is 0.252 e. The van der Waals surface area contributed by atoms with Crippen molar-refractivity contribution in [1.82, 2.24) is 29.9 Å². The zero-order valence-corrected chi connectivity index (χ0v) is 49.5. The highest BCUT2D eigenvalue weighted by atomic mass is 32.2.